The van der Waals surface area contributed by atoms with Crippen molar-refractivity contribution < 1.29 is 13.9 Å². The van der Waals surface area contributed by atoms with Gasteiger partial charge in [0.2, 0.25) is 0 Å². The molecule has 0 radical (unpaired) electrons. The third-order valence-corrected chi connectivity index (χ3v) is 3.28. The molecule has 1 unspecified atom stereocenters. The van der Waals surface area contributed by atoms with Gasteiger partial charge in [0, 0.05) is 24.2 Å². The zero-order valence-corrected chi connectivity index (χ0v) is 12.8. The van der Waals surface area contributed by atoms with Gasteiger partial charge in [-0.2, -0.15) is 0 Å². The van der Waals surface area contributed by atoms with Gasteiger partial charge in [-0.05, 0) is 51.8 Å². The van der Waals surface area contributed by atoms with Crippen molar-refractivity contribution in [2.45, 2.75) is 58.3 Å². The molecule has 1 fully saturated rings. The molecule has 1 aromatic rings. The van der Waals surface area contributed by atoms with Crippen LogP contribution in [0.15, 0.2) is 18.2 Å². The summed E-state index contributed by atoms with van der Waals surface area (Å²) in [6.07, 6.45) is 1.72. The van der Waals surface area contributed by atoms with Crippen LogP contribution in [0.5, 0.6) is 5.75 Å². The quantitative estimate of drug-likeness (QED) is 0.812. The maximum Gasteiger partial charge on any atom is 0.260 e. The second-order valence-electron chi connectivity index (χ2n) is 5.83. The maximum absolute atomic E-state index is 13.4. The SMILES string of the molecule is CC(C)NC(=O)C(C)Oc1ccc(F)cc1CNC1CC1. The lowest BCUT2D eigenvalue weighted by Gasteiger charge is -2.18. The van der Waals surface area contributed by atoms with Gasteiger partial charge in [-0.3, -0.25) is 4.79 Å². The van der Waals surface area contributed by atoms with Gasteiger partial charge in [0.05, 0.1) is 0 Å². The van der Waals surface area contributed by atoms with Gasteiger partial charge >= 0.3 is 0 Å². The van der Waals surface area contributed by atoms with E-state index in [-0.39, 0.29) is 17.8 Å². The Balaban J connectivity index is 2.01. The molecule has 0 heterocycles. The summed E-state index contributed by atoms with van der Waals surface area (Å²) in [5.41, 5.74) is 0.742. The Bertz CT molecular complexity index is 501. The Morgan fingerprint density at radius 2 is 2.10 bits per heavy atom. The highest BCUT2D eigenvalue weighted by atomic mass is 19.1. The van der Waals surface area contributed by atoms with E-state index in [0.29, 0.717) is 18.3 Å². The van der Waals surface area contributed by atoms with Crippen LogP contribution < -0.4 is 15.4 Å². The van der Waals surface area contributed by atoms with Crippen molar-refractivity contribution in [1.82, 2.24) is 10.6 Å². The van der Waals surface area contributed by atoms with Crippen molar-refractivity contribution in [3.63, 3.8) is 0 Å². The molecule has 0 bridgehead atoms. The maximum atomic E-state index is 13.4. The first kappa shape index (κ1) is 15.8. The summed E-state index contributed by atoms with van der Waals surface area (Å²) in [5, 5.41) is 6.13. The number of amides is 1. The number of hydrogen-bond donors (Lipinski definition) is 2. The van der Waals surface area contributed by atoms with Crippen LogP contribution in [0.25, 0.3) is 0 Å². The van der Waals surface area contributed by atoms with Crippen molar-refractivity contribution in [2.75, 3.05) is 0 Å². The lowest BCUT2D eigenvalue weighted by molar-refractivity contribution is -0.127. The van der Waals surface area contributed by atoms with Crippen molar-refractivity contribution >= 4 is 5.91 Å². The minimum absolute atomic E-state index is 0.0628. The van der Waals surface area contributed by atoms with Crippen LogP contribution >= 0.6 is 0 Å². The van der Waals surface area contributed by atoms with Crippen LogP contribution in [0.4, 0.5) is 4.39 Å². The third-order valence-electron chi connectivity index (χ3n) is 3.28. The number of benzene rings is 1. The molecule has 0 aliphatic heterocycles. The molecule has 0 spiro atoms. The molecular weight excluding hydrogens is 271 g/mol. The largest absolute Gasteiger partial charge is 0.481 e. The van der Waals surface area contributed by atoms with E-state index in [4.69, 9.17) is 4.74 Å². The van der Waals surface area contributed by atoms with Crippen LogP contribution in [0.2, 0.25) is 0 Å². The second kappa shape index (κ2) is 6.89. The zero-order chi connectivity index (χ0) is 15.4. The minimum atomic E-state index is -0.613. The molecule has 1 aromatic carbocycles. The summed E-state index contributed by atoms with van der Waals surface area (Å²) in [7, 11) is 0. The molecule has 1 atom stereocenters. The molecule has 5 heteroatoms. The highest BCUT2D eigenvalue weighted by Gasteiger charge is 2.22. The minimum Gasteiger partial charge on any atom is -0.481 e. The van der Waals surface area contributed by atoms with Gasteiger partial charge in [0.25, 0.3) is 5.91 Å². The van der Waals surface area contributed by atoms with Crippen molar-refractivity contribution in [2.24, 2.45) is 0 Å². The monoisotopic (exact) mass is 294 g/mol. The van der Waals surface area contributed by atoms with Crippen LogP contribution in [0, 0.1) is 5.82 Å². The van der Waals surface area contributed by atoms with Crippen molar-refractivity contribution in [1.29, 1.82) is 0 Å². The summed E-state index contributed by atoms with van der Waals surface area (Å²) in [6.45, 7) is 6.04. The third kappa shape index (κ3) is 5.01. The first-order valence-electron chi connectivity index (χ1n) is 7.44. The van der Waals surface area contributed by atoms with Crippen LogP contribution in [-0.4, -0.2) is 24.1 Å². The molecule has 4 nitrogen and oxygen atoms in total. The fourth-order valence-corrected chi connectivity index (χ4v) is 1.99. The van der Waals surface area contributed by atoms with E-state index in [1.54, 1.807) is 13.0 Å². The number of carbonyl (C=O) groups excluding carboxylic acids is 1. The first-order valence-corrected chi connectivity index (χ1v) is 7.44. The second-order valence-corrected chi connectivity index (χ2v) is 5.83. The molecule has 2 N–H and O–H groups in total. The van der Waals surface area contributed by atoms with Gasteiger partial charge in [0.1, 0.15) is 11.6 Å². The summed E-state index contributed by atoms with van der Waals surface area (Å²) < 4.78 is 19.1. The van der Waals surface area contributed by atoms with E-state index < -0.39 is 6.10 Å². The number of ether oxygens (including phenoxy) is 1. The van der Waals surface area contributed by atoms with Crippen LogP contribution in [0.3, 0.4) is 0 Å². The summed E-state index contributed by atoms with van der Waals surface area (Å²) in [5.74, 6) is 0.0839. The smallest absolute Gasteiger partial charge is 0.260 e. The van der Waals surface area contributed by atoms with Gasteiger partial charge < -0.3 is 15.4 Å². The number of nitrogens with one attached hydrogen (secondary N) is 2. The van der Waals surface area contributed by atoms with Crippen molar-refractivity contribution in [3.05, 3.63) is 29.6 Å². The summed E-state index contributed by atoms with van der Waals surface area (Å²) >= 11 is 0. The molecule has 1 aliphatic rings. The first-order chi connectivity index (χ1) is 9.95. The van der Waals surface area contributed by atoms with E-state index in [1.807, 2.05) is 13.8 Å². The number of halogens is 1. The number of carbonyl (C=O) groups is 1. The zero-order valence-electron chi connectivity index (χ0n) is 12.8. The Morgan fingerprint density at radius 3 is 2.71 bits per heavy atom. The molecular formula is C16H23FN2O2. The Hall–Kier alpha value is -1.62. The van der Waals surface area contributed by atoms with Crippen LogP contribution in [0.1, 0.15) is 39.2 Å². The normalized spacial score (nSPS) is 15.9. The average molecular weight is 294 g/mol. The summed E-state index contributed by atoms with van der Waals surface area (Å²) in [4.78, 5) is 11.9. The van der Waals surface area contributed by atoms with Gasteiger partial charge in [-0.25, -0.2) is 4.39 Å². The molecule has 116 valence electrons. The Kier molecular flexibility index (Phi) is 5.17. The van der Waals surface area contributed by atoms with Crippen LogP contribution in [-0.2, 0) is 11.3 Å². The lowest BCUT2D eigenvalue weighted by Crippen LogP contribution is -2.40. The van der Waals surface area contributed by atoms with E-state index in [0.717, 1.165) is 5.56 Å². The average Bonchev–Trinajstić information content (AvgIpc) is 3.22. The molecule has 21 heavy (non-hydrogen) atoms. The van der Waals surface area contributed by atoms with E-state index >= 15 is 0 Å². The molecule has 1 saturated carbocycles. The van der Waals surface area contributed by atoms with Gasteiger partial charge in [0.15, 0.2) is 6.10 Å². The molecule has 2 rings (SSSR count). The highest BCUT2D eigenvalue weighted by Crippen LogP contribution is 2.24. The Labute approximate surface area is 125 Å². The standard InChI is InChI=1S/C16H23FN2O2/c1-10(2)19-16(20)11(3)21-15-7-4-13(17)8-12(15)9-18-14-5-6-14/h4,7-8,10-11,14,18H,5-6,9H2,1-3H3,(H,19,20). The number of rotatable bonds is 7. The topological polar surface area (TPSA) is 50.4 Å². The predicted molar refractivity (Wildman–Crippen MR) is 79.6 cm³/mol. The molecule has 1 aliphatic carbocycles. The fraction of sp³-hybridized carbons (Fsp3) is 0.562. The molecule has 1 amide bonds. The highest BCUT2D eigenvalue weighted by molar-refractivity contribution is 5.80. The predicted octanol–water partition coefficient (Wildman–Crippen LogP) is 2.37. The lowest BCUT2D eigenvalue weighted by atomic mass is 10.2. The molecule has 0 saturated heterocycles. The fourth-order valence-electron chi connectivity index (χ4n) is 1.99. The van der Waals surface area contributed by atoms with Crippen molar-refractivity contribution in [3.8, 4) is 5.75 Å². The van der Waals surface area contributed by atoms with E-state index in [2.05, 4.69) is 10.6 Å². The van der Waals surface area contributed by atoms with E-state index in [1.165, 1.54) is 25.0 Å². The van der Waals surface area contributed by atoms with Gasteiger partial charge in [-0.15, -0.1) is 0 Å². The van der Waals surface area contributed by atoms with Gasteiger partial charge in [-0.1, -0.05) is 0 Å². The Morgan fingerprint density at radius 1 is 1.38 bits per heavy atom. The summed E-state index contributed by atoms with van der Waals surface area (Å²) in [6, 6.07) is 4.98. The number of hydrogen-bond acceptors (Lipinski definition) is 3. The molecule has 0 aromatic heterocycles. The van der Waals surface area contributed by atoms with E-state index in [9.17, 15) is 9.18 Å².